The van der Waals surface area contributed by atoms with Gasteiger partial charge < -0.3 is 10.5 Å². The van der Waals surface area contributed by atoms with Crippen LogP contribution in [0.1, 0.15) is 24.6 Å². The third-order valence-corrected chi connectivity index (χ3v) is 4.59. The molecule has 4 nitrogen and oxygen atoms in total. The van der Waals surface area contributed by atoms with Crippen LogP contribution in [0.3, 0.4) is 0 Å². The summed E-state index contributed by atoms with van der Waals surface area (Å²) in [6, 6.07) is 10.1. The maximum atomic E-state index is 6.08. The number of hydrogen-bond acceptors (Lipinski definition) is 4. The van der Waals surface area contributed by atoms with Crippen molar-refractivity contribution in [3.05, 3.63) is 39.7 Å². The largest absolute Gasteiger partial charge is 0.383 e. The molecule has 1 aliphatic rings. The lowest BCUT2D eigenvalue weighted by molar-refractivity contribution is 0.0836. The summed E-state index contributed by atoms with van der Waals surface area (Å²) in [5, 5.41) is 0. The summed E-state index contributed by atoms with van der Waals surface area (Å²) in [7, 11) is 0. The van der Waals surface area contributed by atoms with E-state index in [4.69, 9.17) is 15.5 Å². The minimum atomic E-state index is 0.352. The molecule has 5 heteroatoms. The standard InChI is InChI=1S/C15H16IN3O/c16-12-13(10-4-2-1-3-5-10)18-15(19-14(12)17)11-6-8-20-9-7-11/h1-5,11H,6-9H2,(H2,17,18,19). The van der Waals surface area contributed by atoms with E-state index in [0.717, 1.165) is 46.7 Å². The van der Waals surface area contributed by atoms with Crippen LogP contribution in [0.2, 0.25) is 0 Å². The molecule has 3 rings (SSSR count). The summed E-state index contributed by atoms with van der Waals surface area (Å²) in [6.07, 6.45) is 1.93. The fraction of sp³-hybridized carbons (Fsp3) is 0.333. The van der Waals surface area contributed by atoms with Gasteiger partial charge in [-0.25, -0.2) is 9.97 Å². The summed E-state index contributed by atoms with van der Waals surface area (Å²) < 4.78 is 6.32. The van der Waals surface area contributed by atoms with Gasteiger partial charge in [0, 0.05) is 24.7 Å². The van der Waals surface area contributed by atoms with Crippen molar-refractivity contribution in [1.29, 1.82) is 0 Å². The Bertz CT molecular complexity index is 598. The van der Waals surface area contributed by atoms with Crippen molar-refractivity contribution in [2.45, 2.75) is 18.8 Å². The van der Waals surface area contributed by atoms with E-state index in [-0.39, 0.29) is 0 Å². The Morgan fingerprint density at radius 2 is 1.80 bits per heavy atom. The van der Waals surface area contributed by atoms with Gasteiger partial charge in [0.2, 0.25) is 0 Å². The Kier molecular flexibility index (Phi) is 4.16. The fourth-order valence-corrected chi connectivity index (χ4v) is 2.96. The first kappa shape index (κ1) is 13.8. The van der Waals surface area contributed by atoms with Gasteiger partial charge in [0.1, 0.15) is 11.6 Å². The molecular weight excluding hydrogens is 365 g/mol. The van der Waals surface area contributed by atoms with Gasteiger partial charge in [-0.2, -0.15) is 0 Å². The number of nitrogen functional groups attached to an aromatic ring is 1. The lowest BCUT2D eigenvalue weighted by Gasteiger charge is -2.21. The lowest BCUT2D eigenvalue weighted by Crippen LogP contribution is -2.17. The zero-order valence-corrected chi connectivity index (χ0v) is 13.2. The first-order valence-corrected chi connectivity index (χ1v) is 7.79. The average Bonchev–Trinajstić information content (AvgIpc) is 2.51. The van der Waals surface area contributed by atoms with Gasteiger partial charge in [0.15, 0.2) is 0 Å². The first-order valence-electron chi connectivity index (χ1n) is 6.72. The summed E-state index contributed by atoms with van der Waals surface area (Å²) in [5.74, 6) is 1.77. The van der Waals surface area contributed by atoms with E-state index in [1.165, 1.54) is 0 Å². The lowest BCUT2D eigenvalue weighted by atomic mass is 9.99. The second-order valence-electron chi connectivity index (χ2n) is 4.88. The Balaban J connectivity index is 2.03. The van der Waals surface area contributed by atoms with E-state index >= 15 is 0 Å². The quantitative estimate of drug-likeness (QED) is 0.812. The highest BCUT2D eigenvalue weighted by Gasteiger charge is 2.21. The highest BCUT2D eigenvalue weighted by molar-refractivity contribution is 14.1. The Hall–Kier alpha value is -1.21. The number of hydrogen-bond donors (Lipinski definition) is 1. The summed E-state index contributed by atoms with van der Waals surface area (Å²) in [5.41, 5.74) is 8.09. The van der Waals surface area contributed by atoms with E-state index < -0.39 is 0 Å². The van der Waals surface area contributed by atoms with Gasteiger partial charge in [-0.1, -0.05) is 30.3 Å². The number of halogens is 1. The van der Waals surface area contributed by atoms with E-state index in [1.54, 1.807) is 0 Å². The van der Waals surface area contributed by atoms with Gasteiger partial charge in [0.05, 0.1) is 9.26 Å². The molecule has 2 heterocycles. The minimum absolute atomic E-state index is 0.352. The Morgan fingerprint density at radius 1 is 1.10 bits per heavy atom. The first-order chi connectivity index (χ1) is 9.75. The summed E-state index contributed by atoms with van der Waals surface area (Å²) in [6.45, 7) is 1.56. The second-order valence-corrected chi connectivity index (χ2v) is 5.96. The average molecular weight is 381 g/mol. The van der Waals surface area contributed by atoms with Gasteiger partial charge in [-0.15, -0.1) is 0 Å². The normalized spacial score (nSPS) is 16.2. The summed E-state index contributed by atoms with van der Waals surface area (Å²) in [4.78, 5) is 9.26. The van der Waals surface area contributed by atoms with E-state index in [2.05, 4.69) is 39.7 Å². The number of anilines is 1. The number of nitrogens with zero attached hydrogens (tertiary/aromatic N) is 2. The van der Waals surface area contributed by atoms with Gasteiger partial charge in [-0.3, -0.25) is 0 Å². The van der Waals surface area contributed by atoms with Crippen molar-refractivity contribution >= 4 is 28.4 Å². The molecule has 104 valence electrons. The summed E-state index contributed by atoms with van der Waals surface area (Å²) >= 11 is 2.22. The maximum Gasteiger partial charge on any atom is 0.141 e. The molecule has 0 aliphatic carbocycles. The van der Waals surface area contributed by atoms with Crippen LogP contribution in [0.5, 0.6) is 0 Å². The molecule has 0 amide bonds. The molecule has 1 aromatic carbocycles. The van der Waals surface area contributed by atoms with Crippen LogP contribution in [-0.2, 0) is 4.74 Å². The van der Waals surface area contributed by atoms with Crippen LogP contribution >= 0.6 is 22.6 Å². The number of rotatable bonds is 2. The molecule has 0 atom stereocenters. The third-order valence-electron chi connectivity index (χ3n) is 3.53. The molecule has 1 fully saturated rings. The molecule has 0 radical (unpaired) electrons. The Labute approximate surface area is 131 Å². The van der Waals surface area contributed by atoms with Crippen molar-refractivity contribution in [2.24, 2.45) is 0 Å². The predicted molar refractivity (Wildman–Crippen MR) is 87.4 cm³/mol. The second kappa shape index (κ2) is 6.05. The van der Waals surface area contributed by atoms with E-state index in [1.807, 2.05) is 18.2 Å². The molecule has 20 heavy (non-hydrogen) atoms. The Morgan fingerprint density at radius 3 is 2.50 bits per heavy atom. The van der Waals surface area contributed by atoms with Crippen LogP contribution in [0.4, 0.5) is 5.82 Å². The molecule has 1 aliphatic heterocycles. The van der Waals surface area contributed by atoms with Gasteiger partial charge in [0.25, 0.3) is 0 Å². The number of ether oxygens (including phenoxy) is 1. The van der Waals surface area contributed by atoms with E-state index in [9.17, 15) is 0 Å². The highest BCUT2D eigenvalue weighted by atomic mass is 127. The molecule has 2 N–H and O–H groups in total. The predicted octanol–water partition coefficient (Wildman–Crippen LogP) is 3.22. The van der Waals surface area contributed by atoms with Crippen LogP contribution in [0.25, 0.3) is 11.3 Å². The number of aromatic nitrogens is 2. The van der Waals surface area contributed by atoms with Crippen LogP contribution in [-0.4, -0.2) is 23.2 Å². The molecular formula is C15H16IN3O. The fourth-order valence-electron chi connectivity index (χ4n) is 2.41. The number of benzene rings is 1. The molecule has 0 unspecified atom stereocenters. The van der Waals surface area contributed by atoms with Gasteiger partial charge >= 0.3 is 0 Å². The van der Waals surface area contributed by atoms with Crippen LogP contribution < -0.4 is 5.73 Å². The van der Waals surface area contributed by atoms with Crippen LogP contribution in [0.15, 0.2) is 30.3 Å². The zero-order valence-electron chi connectivity index (χ0n) is 11.1. The smallest absolute Gasteiger partial charge is 0.141 e. The third kappa shape index (κ3) is 2.78. The zero-order chi connectivity index (χ0) is 13.9. The van der Waals surface area contributed by atoms with Crippen molar-refractivity contribution in [3.8, 4) is 11.3 Å². The SMILES string of the molecule is Nc1nc(C2CCOCC2)nc(-c2ccccc2)c1I. The monoisotopic (exact) mass is 381 g/mol. The molecule has 1 saturated heterocycles. The maximum absolute atomic E-state index is 6.08. The highest BCUT2D eigenvalue weighted by Crippen LogP contribution is 2.31. The number of nitrogens with two attached hydrogens (primary N) is 1. The van der Waals surface area contributed by atoms with Crippen LogP contribution in [0, 0.1) is 3.57 Å². The molecule has 0 bridgehead atoms. The van der Waals surface area contributed by atoms with Gasteiger partial charge in [-0.05, 0) is 35.4 Å². The van der Waals surface area contributed by atoms with Crippen molar-refractivity contribution < 1.29 is 4.74 Å². The molecule has 0 spiro atoms. The van der Waals surface area contributed by atoms with Crippen molar-refractivity contribution in [1.82, 2.24) is 9.97 Å². The minimum Gasteiger partial charge on any atom is -0.383 e. The van der Waals surface area contributed by atoms with Crippen molar-refractivity contribution in [2.75, 3.05) is 18.9 Å². The molecule has 2 aromatic rings. The van der Waals surface area contributed by atoms with Crippen molar-refractivity contribution in [3.63, 3.8) is 0 Å². The topological polar surface area (TPSA) is 61.0 Å². The molecule has 0 saturated carbocycles. The molecule has 1 aromatic heterocycles. The van der Waals surface area contributed by atoms with E-state index in [0.29, 0.717) is 11.7 Å².